The Balaban J connectivity index is 1.92. The molecule has 0 bridgehead atoms. The predicted octanol–water partition coefficient (Wildman–Crippen LogP) is 3.46. The number of methoxy groups -OCH3 is 1. The molecule has 36 heavy (non-hydrogen) atoms. The number of carbonyl (C=O) groups excluding carboxylic acids is 1. The molecule has 196 valence electrons. The van der Waals surface area contributed by atoms with E-state index in [2.05, 4.69) is 27.2 Å². The third-order valence-electron chi connectivity index (χ3n) is 6.15. The predicted molar refractivity (Wildman–Crippen MR) is 139 cm³/mol. The maximum Gasteiger partial charge on any atom is 0.303 e. The van der Waals surface area contributed by atoms with Gasteiger partial charge in [0.2, 0.25) is 5.91 Å². The van der Waals surface area contributed by atoms with Crippen molar-refractivity contribution in [2.75, 3.05) is 40.9 Å². The zero-order chi connectivity index (χ0) is 25.9. The third-order valence-corrected chi connectivity index (χ3v) is 6.15. The van der Waals surface area contributed by atoms with Gasteiger partial charge in [-0.15, -0.1) is 0 Å². The van der Waals surface area contributed by atoms with Crippen LogP contribution < -0.4 is 14.8 Å². The zero-order valence-corrected chi connectivity index (χ0v) is 21.7. The number of amides is 1. The first kappa shape index (κ1) is 27.5. The lowest BCUT2D eigenvalue weighted by molar-refractivity contribution is -0.137. The summed E-state index contributed by atoms with van der Waals surface area (Å²) in [5, 5.41) is 12.2. The van der Waals surface area contributed by atoms with E-state index in [9.17, 15) is 9.59 Å². The van der Waals surface area contributed by atoms with Gasteiger partial charge in [-0.25, -0.2) is 0 Å². The van der Waals surface area contributed by atoms with E-state index in [4.69, 9.17) is 14.6 Å². The molecular formula is C28H39N3O5. The Morgan fingerprint density at radius 1 is 1.11 bits per heavy atom. The first-order valence-corrected chi connectivity index (χ1v) is 12.6. The fraction of sp³-hybridized carbons (Fsp3) is 0.500. The number of aryl methyl sites for hydroxylation is 1. The lowest BCUT2D eigenvalue weighted by Crippen LogP contribution is -2.37. The normalized spacial score (nSPS) is 15.6. The molecule has 2 N–H and O–H groups in total. The van der Waals surface area contributed by atoms with Crippen LogP contribution in [0.15, 0.2) is 36.4 Å². The van der Waals surface area contributed by atoms with Crippen molar-refractivity contribution in [3.63, 3.8) is 0 Å². The number of fused-ring (bicyclic) bond motifs is 1. The van der Waals surface area contributed by atoms with Crippen molar-refractivity contribution in [1.82, 2.24) is 15.1 Å². The first-order chi connectivity index (χ1) is 17.3. The minimum absolute atomic E-state index is 0.0119. The Kier molecular flexibility index (Phi) is 10.6. The van der Waals surface area contributed by atoms with Crippen molar-refractivity contribution in [1.29, 1.82) is 0 Å². The highest BCUT2D eigenvalue weighted by atomic mass is 16.5. The average Bonchev–Trinajstić information content (AvgIpc) is 2.83. The number of hydrogen-bond donors (Lipinski definition) is 2. The van der Waals surface area contributed by atoms with Crippen molar-refractivity contribution in [3.05, 3.63) is 58.7 Å². The van der Waals surface area contributed by atoms with Gasteiger partial charge in [-0.3, -0.25) is 14.5 Å². The van der Waals surface area contributed by atoms with Crippen molar-refractivity contribution < 1.29 is 24.2 Å². The molecule has 0 fully saturated rings. The van der Waals surface area contributed by atoms with Crippen molar-refractivity contribution >= 4 is 11.9 Å². The van der Waals surface area contributed by atoms with Crippen molar-refractivity contribution in [3.8, 4) is 11.5 Å². The van der Waals surface area contributed by atoms with Crippen LogP contribution in [0.2, 0.25) is 0 Å². The van der Waals surface area contributed by atoms with Crippen LogP contribution in [-0.2, 0) is 35.6 Å². The fourth-order valence-corrected chi connectivity index (χ4v) is 4.45. The molecule has 0 radical (unpaired) electrons. The minimum Gasteiger partial charge on any atom is -0.496 e. The van der Waals surface area contributed by atoms with E-state index in [-0.39, 0.29) is 18.9 Å². The van der Waals surface area contributed by atoms with Gasteiger partial charge in [0.05, 0.1) is 20.3 Å². The Morgan fingerprint density at radius 2 is 1.92 bits per heavy atom. The highest BCUT2D eigenvalue weighted by Crippen LogP contribution is 2.27. The molecule has 0 atom stereocenters. The summed E-state index contributed by atoms with van der Waals surface area (Å²) in [4.78, 5) is 28.1. The number of carboxylic acid groups (broad SMARTS) is 1. The lowest BCUT2D eigenvalue weighted by Gasteiger charge is -2.25. The number of benzene rings is 2. The zero-order valence-electron chi connectivity index (χ0n) is 21.7. The van der Waals surface area contributed by atoms with Gasteiger partial charge in [0.15, 0.2) is 0 Å². The molecule has 1 amide bonds. The van der Waals surface area contributed by atoms with Crippen molar-refractivity contribution in [2.24, 2.45) is 0 Å². The topological polar surface area (TPSA) is 91.3 Å². The first-order valence-electron chi connectivity index (χ1n) is 12.6. The van der Waals surface area contributed by atoms with Gasteiger partial charge in [0.1, 0.15) is 11.5 Å². The summed E-state index contributed by atoms with van der Waals surface area (Å²) in [5.74, 6) is 0.736. The number of carbonyl (C=O) groups is 2. The summed E-state index contributed by atoms with van der Waals surface area (Å²) in [6, 6.07) is 12.1. The van der Waals surface area contributed by atoms with E-state index in [1.807, 2.05) is 38.4 Å². The number of ether oxygens (including phenoxy) is 2. The molecule has 3 rings (SSSR count). The molecule has 0 saturated carbocycles. The molecule has 1 heterocycles. The smallest absolute Gasteiger partial charge is 0.303 e. The van der Waals surface area contributed by atoms with Crippen LogP contribution in [0.1, 0.15) is 47.9 Å². The molecule has 1 aliphatic heterocycles. The van der Waals surface area contributed by atoms with Crippen LogP contribution in [-0.4, -0.2) is 67.7 Å². The van der Waals surface area contributed by atoms with Gasteiger partial charge < -0.3 is 24.8 Å². The lowest BCUT2D eigenvalue weighted by atomic mass is 10.0. The summed E-state index contributed by atoms with van der Waals surface area (Å²) in [7, 11) is 5.73. The van der Waals surface area contributed by atoms with Crippen LogP contribution in [0, 0.1) is 0 Å². The number of aliphatic carboxylic acids is 1. The van der Waals surface area contributed by atoms with Gasteiger partial charge >= 0.3 is 5.97 Å². The van der Waals surface area contributed by atoms with E-state index in [1.54, 1.807) is 7.11 Å². The summed E-state index contributed by atoms with van der Waals surface area (Å²) in [6.45, 7) is 3.32. The molecule has 0 unspecified atom stereocenters. The maximum absolute atomic E-state index is 12.8. The summed E-state index contributed by atoms with van der Waals surface area (Å²) in [5.41, 5.74) is 4.08. The molecular weight excluding hydrogens is 458 g/mol. The van der Waals surface area contributed by atoms with Gasteiger partial charge in [-0.1, -0.05) is 18.2 Å². The molecule has 8 heteroatoms. The molecule has 1 aliphatic rings. The third kappa shape index (κ3) is 8.84. The van der Waals surface area contributed by atoms with E-state index in [1.165, 1.54) is 5.56 Å². The molecule has 0 saturated heterocycles. The second-order valence-electron chi connectivity index (χ2n) is 9.62. The molecule has 0 aliphatic carbocycles. The van der Waals surface area contributed by atoms with Crippen LogP contribution in [0.4, 0.5) is 0 Å². The Hall–Kier alpha value is -3.10. The van der Waals surface area contributed by atoms with E-state index in [0.717, 1.165) is 54.0 Å². The SMILES string of the molecule is COc1ccc(CN(C)C)cc1CN1CC(=O)NCCCCCOc2ccc(CCC(=O)O)cc2C1. The summed E-state index contributed by atoms with van der Waals surface area (Å²) >= 11 is 0. The quantitative estimate of drug-likeness (QED) is 0.577. The summed E-state index contributed by atoms with van der Waals surface area (Å²) in [6.07, 6.45) is 3.32. The maximum atomic E-state index is 12.8. The van der Waals surface area contributed by atoms with Crippen molar-refractivity contribution in [2.45, 2.75) is 51.7 Å². The molecule has 0 spiro atoms. The summed E-state index contributed by atoms with van der Waals surface area (Å²) < 4.78 is 11.8. The van der Waals surface area contributed by atoms with E-state index < -0.39 is 5.97 Å². The van der Waals surface area contributed by atoms with Gasteiger partial charge in [0.25, 0.3) is 0 Å². The Labute approximate surface area is 214 Å². The monoisotopic (exact) mass is 497 g/mol. The largest absolute Gasteiger partial charge is 0.496 e. The fourth-order valence-electron chi connectivity index (χ4n) is 4.45. The average molecular weight is 498 g/mol. The van der Waals surface area contributed by atoms with E-state index in [0.29, 0.717) is 32.7 Å². The highest BCUT2D eigenvalue weighted by Gasteiger charge is 2.18. The highest BCUT2D eigenvalue weighted by molar-refractivity contribution is 5.78. The molecule has 0 aromatic heterocycles. The van der Waals surface area contributed by atoms with Gasteiger partial charge in [0, 0.05) is 43.7 Å². The second-order valence-corrected chi connectivity index (χ2v) is 9.62. The second kappa shape index (κ2) is 13.8. The number of nitrogens with zero attached hydrogens (tertiary/aromatic N) is 2. The van der Waals surface area contributed by atoms with Crippen LogP contribution in [0.25, 0.3) is 0 Å². The van der Waals surface area contributed by atoms with Gasteiger partial charge in [-0.05, 0) is 69.1 Å². The van der Waals surface area contributed by atoms with Gasteiger partial charge in [-0.2, -0.15) is 0 Å². The molecule has 2 aromatic carbocycles. The Morgan fingerprint density at radius 3 is 2.67 bits per heavy atom. The van der Waals surface area contributed by atoms with Crippen LogP contribution in [0.5, 0.6) is 11.5 Å². The van der Waals surface area contributed by atoms with Crippen LogP contribution in [0.3, 0.4) is 0 Å². The number of hydrogen-bond acceptors (Lipinski definition) is 6. The number of carboxylic acids is 1. The van der Waals surface area contributed by atoms with E-state index >= 15 is 0 Å². The minimum atomic E-state index is -0.821. The molecule has 2 aromatic rings. The Bertz CT molecular complexity index is 1020. The number of nitrogens with one attached hydrogen (secondary N) is 1. The standard InChI is InChI=1S/C28H39N3O5/c1-30(2)17-22-8-10-25(35-3)23(16-22)18-31-19-24-15-21(9-12-28(33)34)7-11-26(24)36-14-6-4-5-13-29-27(32)20-31/h7-8,10-11,15-16H,4-6,9,12-14,17-20H2,1-3H3,(H,29,32)(H,33,34). The number of rotatable bonds is 8. The van der Waals surface area contributed by atoms with Crippen LogP contribution >= 0.6 is 0 Å². The molecule has 8 nitrogen and oxygen atoms in total.